The van der Waals surface area contributed by atoms with Gasteiger partial charge >= 0.3 is 59.7 Å². The van der Waals surface area contributed by atoms with Gasteiger partial charge in [-0.15, -0.1) is 5.53 Å². The van der Waals surface area contributed by atoms with Gasteiger partial charge in [0.15, 0.2) is 0 Å². The van der Waals surface area contributed by atoms with Crippen LogP contribution in [0.15, 0.2) is 0 Å². The highest BCUT2D eigenvalue weighted by Gasteiger charge is 2.98. The third-order valence-corrected chi connectivity index (χ3v) is 3.47. The average molecular weight is 581 g/mol. The molecule has 3 nitrogen and oxygen atoms in total. The highest BCUT2D eigenvalue weighted by molar-refractivity contribution is 5.17. The summed E-state index contributed by atoms with van der Waals surface area (Å²) in [7, 11) is 0. The second kappa shape index (κ2) is 8.71. The van der Waals surface area contributed by atoms with Crippen LogP contribution in [0, 0.1) is 5.53 Å². The zero-order valence-electron chi connectivity index (χ0n) is 14.7. The predicted molar refractivity (Wildman–Crippen MR) is 61.1 cm³/mol. The Kier molecular flexibility index (Phi) is 8.69. The summed E-state index contributed by atoms with van der Waals surface area (Å²) in [6, 6.07) is 0. The molecule has 35 heavy (non-hydrogen) atoms. The Morgan fingerprint density at radius 2 is 0.400 bits per heavy atom. The molecule has 0 rings (SSSR count). The van der Waals surface area contributed by atoms with E-state index in [4.69, 9.17) is 11.1 Å². The quantitative estimate of drug-likeness (QED) is 0.137. The Hall–Kier alpha value is -2.23. The summed E-state index contributed by atoms with van der Waals surface area (Å²) in [5, 5.41) is 0. The summed E-state index contributed by atoms with van der Waals surface area (Å²) in [5.41, 5.74) is 12.2. The van der Waals surface area contributed by atoms with E-state index in [0.29, 0.717) is 0 Å². The number of hydrogen-bond acceptors (Lipinski definition) is 1. The zero-order valence-corrected chi connectivity index (χ0v) is 14.7. The van der Waals surface area contributed by atoms with Gasteiger partial charge in [-0.3, -0.25) is 0 Å². The lowest BCUT2D eigenvalue weighted by Gasteiger charge is -2.43. The number of hydrogen-bond donors (Lipinski definition) is 1. The van der Waals surface area contributed by atoms with Crippen LogP contribution in [-0.2, 0) is 0 Å². The first kappa shape index (κ1) is 34.9. The average Bonchev–Trinajstić information content (AvgIpc) is 2.59. The first-order valence-corrected chi connectivity index (χ1v) is 6.83. The molecule has 0 aliphatic heterocycles. The summed E-state index contributed by atoms with van der Waals surface area (Å²) >= 11 is 0. The van der Waals surface area contributed by atoms with Crippen molar-refractivity contribution in [2.45, 2.75) is 59.7 Å². The first-order chi connectivity index (χ1) is 14.7. The SMILES string of the molecule is FC(F)(F)C(F)(F)C(F)(F)C(F)(F)C(F)(F)C(F)(F)C(F)(F)C(F)(F)C(F)(F)C(F)(F)F.[N-]=[N+]=N. The normalized spacial score (nSPS) is 15.8. The van der Waals surface area contributed by atoms with E-state index in [1.54, 1.807) is 4.91 Å². The van der Waals surface area contributed by atoms with Gasteiger partial charge in [-0.1, -0.05) is 0 Å². The van der Waals surface area contributed by atoms with E-state index in [9.17, 15) is 96.6 Å². The molecular formula is C10HF22N3. The molecule has 0 atom stereocenters. The van der Waals surface area contributed by atoms with E-state index in [2.05, 4.69) is 0 Å². The molecule has 0 aromatic carbocycles. The van der Waals surface area contributed by atoms with E-state index >= 15 is 0 Å². The number of nitrogens with one attached hydrogen (secondary N) is 1. The van der Waals surface area contributed by atoms with E-state index in [1.807, 2.05) is 0 Å². The van der Waals surface area contributed by atoms with Crippen molar-refractivity contribution in [1.82, 2.24) is 0 Å². The van der Waals surface area contributed by atoms with Crippen LogP contribution in [0.2, 0.25) is 0 Å². The highest BCUT2D eigenvalue weighted by atomic mass is 19.4. The van der Waals surface area contributed by atoms with Crippen LogP contribution >= 0.6 is 0 Å². The molecule has 0 radical (unpaired) electrons. The second-order valence-corrected chi connectivity index (χ2v) is 5.69. The molecule has 0 spiro atoms. The smallest absolute Gasteiger partial charge is 0.192 e. The molecule has 0 aliphatic carbocycles. The van der Waals surface area contributed by atoms with Crippen LogP contribution in [0.25, 0.3) is 10.4 Å². The monoisotopic (exact) mass is 581 g/mol. The van der Waals surface area contributed by atoms with Gasteiger partial charge < -0.3 is 0 Å². The van der Waals surface area contributed by atoms with Crippen LogP contribution in [0.4, 0.5) is 96.6 Å². The van der Waals surface area contributed by atoms with Crippen molar-refractivity contribution in [3.63, 3.8) is 0 Å². The molecule has 25 heteroatoms. The Morgan fingerprint density at radius 3 is 0.486 bits per heavy atom. The lowest BCUT2D eigenvalue weighted by molar-refractivity contribution is -0.478. The largest absolute Gasteiger partial charge is 0.460 e. The summed E-state index contributed by atoms with van der Waals surface area (Å²) in [5.74, 6) is -71.5. The molecule has 0 unspecified atom stereocenters. The fourth-order valence-electron chi connectivity index (χ4n) is 1.54. The molecule has 210 valence electrons. The van der Waals surface area contributed by atoms with Gasteiger partial charge in [-0.2, -0.15) is 96.6 Å². The van der Waals surface area contributed by atoms with Crippen LogP contribution in [-0.4, -0.2) is 59.7 Å². The predicted octanol–water partition coefficient (Wildman–Crippen LogP) is 8.07. The third kappa shape index (κ3) is 4.54. The number of halogens is 22. The van der Waals surface area contributed by atoms with E-state index in [1.165, 1.54) is 0 Å². The maximum Gasteiger partial charge on any atom is 0.460 e. The summed E-state index contributed by atoms with van der Waals surface area (Å²) in [6.45, 7) is 0. The van der Waals surface area contributed by atoms with Gasteiger partial charge in [0, 0.05) is 0 Å². The Labute approximate surface area is 174 Å². The number of nitrogens with zero attached hydrogens (tertiary/aromatic N) is 2. The van der Waals surface area contributed by atoms with E-state index in [-0.39, 0.29) is 0 Å². The van der Waals surface area contributed by atoms with Crippen LogP contribution < -0.4 is 0 Å². The van der Waals surface area contributed by atoms with E-state index < -0.39 is 59.7 Å². The lowest BCUT2D eigenvalue weighted by Crippen LogP contribution is -2.76. The molecule has 0 heterocycles. The molecule has 0 aliphatic rings. The van der Waals surface area contributed by atoms with Crippen LogP contribution in [0.5, 0.6) is 0 Å². The second-order valence-electron chi connectivity index (χ2n) is 5.69. The summed E-state index contributed by atoms with van der Waals surface area (Å²) in [6.07, 6.45) is -16.1. The standard InChI is InChI=1S/C10F22.HN3/c11-1(12,3(15,16)5(19,20)7(23,24)9(27,28)29)2(13,14)4(17,18)6(21,22)8(25,26)10(30,31)32;1-3-2/h;1H. The fourth-order valence-corrected chi connectivity index (χ4v) is 1.54. The molecule has 0 amide bonds. The Bertz CT molecular complexity index is 720. The van der Waals surface area contributed by atoms with Crippen molar-refractivity contribution in [3.05, 3.63) is 10.4 Å². The minimum atomic E-state index is -9.24. The Morgan fingerprint density at radius 1 is 0.314 bits per heavy atom. The van der Waals surface area contributed by atoms with Crippen molar-refractivity contribution in [2.24, 2.45) is 0 Å². The molecule has 0 fully saturated rings. The van der Waals surface area contributed by atoms with Crippen molar-refractivity contribution in [1.29, 1.82) is 5.53 Å². The maximum absolute atomic E-state index is 13.1. The van der Waals surface area contributed by atoms with Crippen molar-refractivity contribution in [3.8, 4) is 0 Å². The first-order valence-electron chi connectivity index (χ1n) is 6.83. The van der Waals surface area contributed by atoms with Crippen molar-refractivity contribution < 1.29 is 96.6 Å². The highest BCUT2D eigenvalue weighted by Crippen LogP contribution is 2.66. The Balaban J connectivity index is 0. The molecule has 0 saturated heterocycles. The van der Waals surface area contributed by atoms with Gasteiger partial charge in [-0.05, 0) is 10.4 Å². The lowest BCUT2D eigenvalue weighted by atomic mass is 9.87. The maximum atomic E-state index is 13.1. The van der Waals surface area contributed by atoms with Crippen LogP contribution in [0.1, 0.15) is 0 Å². The van der Waals surface area contributed by atoms with Gasteiger partial charge in [0.05, 0.1) is 0 Å². The molecule has 0 bridgehead atoms. The van der Waals surface area contributed by atoms with Crippen LogP contribution in [0.3, 0.4) is 0 Å². The summed E-state index contributed by atoms with van der Waals surface area (Å²) in [4.78, 5) is 1.75. The number of rotatable bonds is 7. The van der Waals surface area contributed by atoms with Gasteiger partial charge in [0.2, 0.25) is 0 Å². The van der Waals surface area contributed by atoms with Gasteiger partial charge in [-0.25, -0.2) is 0 Å². The molecule has 0 aromatic heterocycles. The molecule has 0 aromatic rings. The minimum absolute atomic E-state index is 1.75. The van der Waals surface area contributed by atoms with E-state index in [0.717, 1.165) is 0 Å². The van der Waals surface area contributed by atoms with Gasteiger partial charge in [0.25, 0.3) is 0 Å². The molecule has 0 saturated carbocycles. The third-order valence-electron chi connectivity index (χ3n) is 3.47. The van der Waals surface area contributed by atoms with Crippen molar-refractivity contribution in [2.75, 3.05) is 0 Å². The van der Waals surface area contributed by atoms with Gasteiger partial charge in [0.1, 0.15) is 0 Å². The minimum Gasteiger partial charge on any atom is -0.192 e. The summed E-state index contributed by atoms with van der Waals surface area (Å²) < 4.78 is 276. The zero-order chi connectivity index (χ0) is 29.7. The topological polar surface area (TPSA) is 60.3 Å². The molecular weight excluding hydrogens is 580 g/mol. The molecule has 1 N–H and O–H groups in total. The number of alkyl halides is 22. The fraction of sp³-hybridized carbons (Fsp3) is 1.00. The van der Waals surface area contributed by atoms with Crippen molar-refractivity contribution >= 4 is 0 Å².